The van der Waals surface area contributed by atoms with Gasteiger partial charge in [0.15, 0.2) is 4.61 Å². The Kier molecular flexibility index (Phi) is 4.49. The van der Waals surface area contributed by atoms with Crippen molar-refractivity contribution >= 4 is 28.3 Å². The van der Waals surface area contributed by atoms with Crippen LogP contribution in [-0.4, -0.2) is 10.3 Å². The number of oxime groups is 1. The molecule has 0 rings (SSSR count). The van der Waals surface area contributed by atoms with Gasteiger partial charge in [0.05, 0.1) is 5.71 Å². The van der Waals surface area contributed by atoms with Crippen LogP contribution in [0.25, 0.3) is 0 Å². The van der Waals surface area contributed by atoms with E-state index in [9.17, 15) is 0 Å². The van der Waals surface area contributed by atoms with Gasteiger partial charge in [0, 0.05) is 0 Å². The number of hydrogen-bond donors (Lipinski definition) is 0. The molecule has 0 fully saturated rings. The molecule has 0 aromatic rings. The van der Waals surface area contributed by atoms with E-state index in [1.54, 1.807) is 0 Å². The predicted octanol–water partition coefficient (Wildman–Crippen LogP) is 1.79. The highest BCUT2D eigenvalue weighted by Gasteiger charge is 1.73. The normalized spacial score (nSPS) is 7.86. The van der Waals surface area contributed by atoms with Gasteiger partial charge in [-0.3, -0.25) is 0 Å². The topological polar surface area (TPSA) is 21.6 Å². The lowest BCUT2D eigenvalue weighted by molar-refractivity contribution is 0.205. The van der Waals surface area contributed by atoms with Crippen LogP contribution in [-0.2, 0) is 4.84 Å². The molecule has 0 aromatic heterocycles. The highest BCUT2D eigenvalue weighted by molar-refractivity contribution is 14.1. The molecular weight excluding hydrogens is 205 g/mol. The van der Waals surface area contributed by atoms with Gasteiger partial charge in [-0.05, 0) is 36.4 Å². The zero-order valence-electron chi connectivity index (χ0n) is 4.44. The van der Waals surface area contributed by atoms with Crippen LogP contribution in [0.5, 0.6) is 0 Å². The van der Waals surface area contributed by atoms with Gasteiger partial charge in [0.1, 0.15) is 0 Å². The summed E-state index contributed by atoms with van der Waals surface area (Å²) in [5.41, 5.74) is 0.955. The molecule has 0 heterocycles. The number of rotatable bonds is 2. The average molecular weight is 213 g/mol. The molecule has 0 saturated heterocycles. The lowest BCUT2D eigenvalue weighted by Crippen LogP contribution is -1.82. The van der Waals surface area contributed by atoms with E-state index in [4.69, 9.17) is 0 Å². The quantitative estimate of drug-likeness (QED) is 0.296. The van der Waals surface area contributed by atoms with Crippen LogP contribution in [0.2, 0.25) is 0 Å². The summed E-state index contributed by atoms with van der Waals surface area (Å²) in [6.45, 7) is 3.79. The Bertz CT molecular complexity index is 68.1. The van der Waals surface area contributed by atoms with Crippen molar-refractivity contribution in [3.8, 4) is 0 Å². The molecule has 0 amide bonds. The van der Waals surface area contributed by atoms with E-state index in [0.29, 0.717) is 4.61 Å². The van der Waals surface area contributed by atoms with Gasteiger partial charge in [-0.25, -0.2) is 0 Å². The third-order valence-electron chi connectivity index (χ3n) is 0.296. The maximum atomic E-state index is 4.67. The third kappa shape index (κ3) is 6.20. The lowest BCUT2D eigenvalue weighted by Gasteiger charge is -1.88. The van der Waals surface area contributed by atoms with Crippen molar-refractivity contribution in [2.45, 2.75) is 13.8 Å². The van der Waals surface area contributed by atoms with Crippen molar-refractivity contribution in [2.24, 2.45) is 5.16 Å². The van der Waals surface area contributed by atoms with Gasteiger partial charge >= 0.3 is 0 Å². The smallest absolute Gasteiger partial charge is 0.167 e. The van der Waals surface area contributed by atoms with E-state index in [0.717, 1.165) is 5.71 Å². The largest absolute Gasteiger partial charge is 0.385 e. The van der Waals surface area contributed by atoms with Crippen LogP contribution in [0.1, 0.15) is 13.8 Å². The van der Waals surface area contributed by atoms with Crippen molar-refractivity contribution in [3.05, 3.63) is 0 Å². The number of nitrogens with zero attached hydrogens (tertiary/aromatic N) is 1. The van der Waals surface area contributed by atoms with E-state index in [1.165, 1.54) is 0 Å². The molecule has 0 saturated carbocycles. The molecule has 0 unspecified atom stereocenters. The monoisotopic (exact) mass is 213 g/mol. The van der Waals surface area contributed by atoms with Gasteiger partial charge in [0.25, 0.3) is 0 Å². The van der Waals surface area contributed by atoms with Gasteiger partial charge in [-0.2, -0.15) is 0 Å². The summed E-state index contributed by atoms with van der Waals surface area (Å²) in [6.07, 6.45) is 0. The first-order valence-corrected chi connectivity index (χ1v) is 3.49. The first kappa shape index (κ1) is 7.20. The molecule has 2 nitrogen and oxygen atoms in total. The van der Waals surface area contributed by atoms with Crippen molar-refractivity contribution in [3.63, 3.8) is 0 Å². The third-order valence-corrected chi connectivity index (χ3v) is 0.574. The molecule has 3 heteroatoms. The highest BCUT2D eigenvalue weighted by atomic mass is 127. The van der Waals surface area contributed by atoms with Crippen molar-refractivity contribution in [1.29, 1.82) is 0 Å². The Morgan fingerprint density at radius 3 is 2.43 bits per heavy atom. The molecule has 0 atom stereocenters. The molecular formula is C4H8INO. The zero-order valence-corrected chi connectivity index (χ0v) is 6.60. The lowest BCUT2D eigenvalue weighted by atomic mass is 10.5. The zero-order chi connectivity index (χ0) is 5.70. The van der Waals surface area contributed by atoms with Crippen LogP contribution in [0.3, 0.4) is 0 Å². The standard InChI is InChI=1S/C4H8INO/c1-4(2)6-7-3-5/h3H2,1-2H3. The van der Waals surface area contributed by atoms with E-state index in [1.807, 2.05) is 13.8 Å². The molecule has 7 heavy (non-hydrogen) atoms. The minimum absolute atomic E-state index is 0.628. The van der Waals surface area contributed by atoms with Crippen molar-refractivity contribution < 1.29 is 4.84 Å². The van der Waals surface area contributed by atoms with Crippen molar-refractivity contribution in [2.75, 3.05) is 4.61 Å². The summed E-state index contributed by atoms with van der Waals surface area (Å²) < 4.78 is 0.628. The first-order chi connectivity index (χ1) is 3.27. The maximum Gasteiger partial charge on any atom is 0.167 e. The fraction of sp³-hybridized carbons (Fsp3) is 0.750. The maximum absolute atomic E-state index is 4.67. The second kappa shape index (κ2) is 4.36. The molecule has 42 valence electrons. The highest BCUT2D eigenvalue weighted by Crippen LogP contribution is 1.84. The number of halogens is 1. The van der Waals surface area contributed by atoms with E-state index < -0.39 is 0 Å². The minimum Gasteiger partial charge on any atom is -0.385 e. The molecule has 0 N–H and O–H groups in total. The second-order valence-electron chi connectivity index (χ2n) is 1.28. The Hall–Kier alpha value is 0.200. The summed E-state index contributed by atoms with van der Waals surface area (Å²) >= 11 is 2.09. The Morgan fingerprint density at radius 2 is 2.29 bits per heavy atom. The summed E-state index contributed by atoms with van der Waals surface area (Å²) in [5.74, 6) is 0. The van der Waals surface area contributed by atoms with Gasteiger partial charge in [-0.15, -0.1) is 0 Å². The molecule has 0 aromatic carbocycles. The summed E-state index contributed by atoms with van der Waals surface area (Å²) in [7, 11) is 0. The van der Waals surface area contributed by atoms with Gasteiger partial charge in [0.2, 0.25) is 0 Å². The van der Waals surface area contributed by atoms with Crippen LogP contribution >= 0.6 is 22.6 Å². The Balaban J connectivity index is 3.08. The van der Waals surface area contributed by atoms with Gasteiger partial charge < -0.3 is 4.84 Å². The second-order valence-corrected chi connectivity index (χ2v) is 1.90. The first-order valence-electron chi connectivity index (χ1n) is 1.96. The van der Waals surface area contributed by atoms with Crippen molar-refractivity contribution in [1.82, 2.24) is 0 Å². The fourth-order valence-corrected chi connectivity index (χ4v) is 0.293. The summed E-state index contributed by atoms with van der Waals surface area (Å²) in [5, 5.41) is 3.65. The van der Waals surface area contributed by atoms with Crippen LogP contribution in [0.15, 0.2) is 5.16 Å². The van der Waals surface area contributed by atoms with Crippen LogP contribution in [0, 0.1) is 0 Å². The number of alkyl halides is 1. The van der Waals surface area contributed by atoms with E-state index in [-0.39, 0.29) is 0 Å². The molecule has 0 aliphatic heterocycles. The molecule has 0 radical (unpaired) electrons. The van der Waals surface area contributed by atoms with E-state index in [2.05, 4.69) is 32.6 Å². The minimum atomic E-state index is 0.628. The summed E-state index contributed by atoms with van der Waals surface area (Å²) in [4.78, 5) is 4.67. The SMILES string of the molecule is CC(C)=NOCI. The summed E-state index contributed by atoms with van der Waals surface area (Å²) in [6, 6.07) is 0. The molecule has 0 aliphatic rings. The predicted molar refractivity (Wildman–Crippen MR) is 38.8 cm³/mol. The Morgan fingerprint density at radius 1 is 1.71 bits per heavy atom. The molecule has 0 spiro atoms. The van der Waals surface area contributed by atoms with Crippen LogP contribution in [0.4, 0.5) is 0 Å². The molecule has 0 bridgehead atoms. The Labute approximate surface area is 57.1 Å². The molecule has 0 aliphatic carbocycles. The van der Waals surface area contributed by atoms with E-state index >= 15 is 0 Å². The average Bonchev–Trinajstić information content (AvgIpc) is 1.61. The van der Waals surface area contributed by atoms with Crippen LogP contribution < -0.4 is 0 Å². The number of hydrogen-bond acceptors (Lipinski definition) is 2. The fourth-order valence-electron chi connectivity index (χ4n) is 0.153. The van der Waals surface area contributed by atoms with Gasteiger partial charge in [-0.1, -0.05) is 5.16 Å².